The van der Waals surface area contributed by atoms with Crippen LogP contribution < -0.4 is 10.2 Å². The minimum absolute atomic E-state index is 0.151. The van der Waals surface area contributed by atoms with Crippen molar-refractivity contribution in [2.75, 3.05) is 4.90 Å². The molecule has 0 fully saturated rings. The van der Waals surface area contributed by atoms with Gasteiger partial charge in [0.15, 0.2) is 5.66 Å². The van der Waals surface area contributed by atoms with Gasteiger partial charge in [0.1, 0.15) is 0 Å². The number of aryl methyl sites for hydroxylation is 1. The predicted octanol–water partition coefficient (Wildman–Crippen LogP) is 4.33. The number of halogens is 1. The third kappa shape index (κ3) is 2.83. The summed E-state index contributed by atoms with van der Waals surface area (Å²) in [7, 11) is 0. The summed E-state index contributed by atoms with van der Waals surface area (Å²) in [6, 6.07) is 15.5. The minimum Gasteiger partial charge on any atom is -0.326 e. The minimum atomic E-state index is -0.926. The number of hydrogen-bond acceptors (Lipinski definition) is 2. The zero-order valence-electron chi connectivity index (χ0n) is 13.6. The number of carbonyl (C=O) groups is 1. The maximum atomic E-state index is 12.0. The van der Waals surface area contributed by atoms with E-state index in [9.17, 15) is 4.79 Å². The summed E-state index contributed by atoms with van der Waals surface area (Å²) >= 11 is 6.47. The van der Waals surface area contributed by atoms with Crippen LogP contribution in [0.15, 0.2) is 66.9 Å². The summed E-state index contributed by atoms with van der Waals surface area (Å²) in [6.45, 7) is 3.54. The van der Waals surface area contributed by atoms with Gasteiger partial charge in [-0.3, -0.25) is 4.79 Å². The monoisotopic (exact) mass is 337 g/mol. The first-order valence-electron chi connectivity index (χ1n) is 7.70. The van der Waals surface area contributed by atoms with Crippen LogP contribution in [0.2, 0.25) is 5.02 Å². The molecule has 1 amide bonds. The molecule has 121 valence electrons. The Balaban J connectivity index is 2.24. The van der Waals surface area contributed by atoms with Crippen LogP contribution in [0, 0.1) is 13.0 Å². The van der Waals surface area contributed by atoms with Crippen molar-refractivity contribution in [2.24, 2.45) is 0 Å². The molecule has 1 aliphatic rings. The van der Waals surface area contributed by atoms with E-state index < -0.39 is 5.66 Å². The topological polar surface area (TPSA) is 32.3 Å². The lowest BCUT2D eigenvalue weighted by Crippen LogP contribution is -2.56. The molecule has 1 heterocycles. The second kappa shape index (κ2) is 6.54. The summed E-state index contributed by atoms with van der Waals surface area (Å²) in [6.07, 6.45) is 8.67. The highest BCUT2D eigenvalue weighted by Crippen LogP contribution is 2.39. The Labute approximate surface area is 147 Å². The highest BCUT2D eigenvalue weighted by atomic mass is 35.5. The molecular weight excluding hydrogens is 320 g/mol. The first-order valence-corrected chi connectivity index (χ1v) is 8.08. The quantitative estimate of drug-likeness (QED) is 0.904. The van der Waals surface area contributed by atoms with Gasteiger partial charge in [0, 0.05) is 29.4 Å². The van der Waals surface area contributed by atoms with Crippen LogP contribution in [0.5, 0.6) is 0 Å². The maximum Gasteiger partial charge on any atom is 0.219 e. The molecule has 1 radical (unpaired) electrons. The Morgan fingerprint density at radius 2 is 1.88 bits per heavy atom. The van der Waals surface area contributed by atoms with Gasteiger partial charge in [0.25, 0.3) is 0 Å². The van der Waals surface area contributed by atoms with Crippen molar-refractivity contribution in [1.29, 1.82) is 0 Å². The second-order valence-corrected chi connectivity index (χ2v) is 6.12. The van der Waals surface area contributed by atoms with Crippen molar-refractivity contribution < 1.29 is 4.79 Å². The Morgan fingerprint density at radius 1 is 1.17 bits per heavy atom. The molecule has 3 rings (SSSR count). The third-order valence-corrected chi connectivity index (χ3v) is 4.35. The lowest BCUT2D eigenvalue weighted by atomic mass is 9.93. The highest BCUT2D eigenvalue weighted by molar-refractivity contribution is 6.31. The summed E-state index contributed by atoms with van der Waals surface area (Å²) in [5, 5.41) is 3.64. The molecule has 1 unspecified atom stereocenters. The predicted molar refractivity (Wildman–Crippen MR) is 97.6 cm³/mol. The number of nitrogens with one attached hydrogen (secondary N) is 1. The molecule has 1 atom stereocenters. The molecule has 24 heavy (non-hydrogen) atoms. The number of carbonyl (C=O) groups excluding carboxylic acids is 1. The number of anilines is 1. The van der Waals surface area contributed by atoms with Gasteiger partial charge >= 0.3 is 0 Å². The maximum absolute atomic E-state index is 12.0. The Bertz CT molecular complexity index is 828. The fourth-order valence-electron chi connectivity index (χ4n) is 2.99. The van der Waals surface area contributed by atoms with E-state index in [4.69, 9.17) is 11.6 Å². The largest absolute Gasteiger partial charge is 0.326 e. The van der Waals surface area contributed by atoms with Gasteiger partial charge in [0.2, 0.25) is 5.91 Å². The molecule has 2 aromatic rings. The second-order valence-electron chi connectivity index (χ2n) is 5.71. The summed E-state index contributed by atoms with van der Waals surface area (Å²) in [5.41, 5.74) is 1.95. The number of allylic oxidation sites excluding steroid dienone is 2. The number of benzene rings is 2. The molecule has 3 nitrogen and oxygen atoms in total. The molecule has 1 N–H and O–H groups in total. The average Bonchev–Trinajstić information content (AvgIpc) is 2.56. The number of rotatable bonds is 3. The van der Waals surface area contributed by atoms with Crippen LogP contribution in [0.4, 0.5) is 5.69 Å². The molecule has 4 heteroatoms. The fraction of sp³-hybridized carbons (Fsp3) is 0.150. The van der Waals surface area contributed by atoms with E-state index in [1.54, 1.807) is 0 Å². The van der Waals surface area contributed by atoms with Gasteiger partial charge in [-0.2, -0.15) is 0 Å². The number of hydrogen-bond donors (Lipinski definition) is 1. The van der Waals surface area contributed by atoms with Crippen molar-refractivity contribution >= 4 is 23.2 Å². The first kappa shape index (κ1) is 16.3. The van der Waals surface area contributed by atoms with Crippen molar-refractivity contribution in [1.82, 2.24) is 5.32 Å². The Hall–Kier alpha value is -2.52. The molecule has 0 spiro atoms. The molecule has 0 saturated heterocycles. The Morgan fingerprint density at radius 3 is 2.58 bits per heavy atom. The molecular formula is C20H18ClN2O. The van der Waals surface area contributed by atoms with Crippen molar-refractivity contribution in [3.8, 4) is 0 Å². The van der Waals surface area contributed by atoms with Crippen LogP contribution in [0.3, 0.4) is 0 Å². The average molecular weight is 338 g/mol. The van der Waals surface area contributed by atoms with Crippen molar-refractivity contribution in [3.63, 3.8) is 0 Å². The highest BCUT2D eigenvalue weighted by Gasteiger charge is 2.39. The molecule has 0 aromatic heterocycles. The van der Waals surface area contributed by atoms with E-state index in [2.05, 4.69) is 11.4 Å². The van der Waals surface area contributed by atoms with Gasteiger partial charge in [-0.25, -0.2) is 0 Å². The van der Waals surface area contributed by atoms with Crippen LogP contribution in [-0.4, -0.2) is 5.91 Å². The summed E-state index contributed by atoms with van der Waals surface area (Å²) < 4.78 is 0. The first-order chi connectivity index (χ1) is 11.5. The molecule has 0 aliphatic carbocycles. The molecule has 1 aliphatic heterocycles. The normalized spacial score (nSPS) is 19.4. The van der Waals surface area contributed by atoms with Gasteiger partial charge in [-0.1, -0.05) is 48.0 Å². The van der Waals surface area contributed by atoms with Gasteiger partial charge < -0.3 is 10.2 Å². The van der Waals surface area contributed by atoms with Crippen LogP contribution in [-0.2, 0) is 10.5 Å². The van der Waals surface area contributed by atoms with Gasteiger partial charge in [-0.15, -0.1) is 0 Å². The van der Waals surface area contributed by atoms with E-state index in [1.165, 1.54) is 6.92 Å². The number of amides is 1. The lowest BCUT2D eigenvalue weighted by molar-refractivity contribution is -0.120. The zero-order valence-corrected chi connectivity index (χ0v) is 14.3. The van der Waals surface area contributed by atoms with Crippen LogP contribution >= 0.6 is 11.6 Å². The van der Waals surface area contributed by atoms with E-state index in [1.807, 2.05) is 78.7 Å². The smallest absolute Gasteiger partial charge is 0.219 e. The lowest BCUT2D eigenvalue weighted by Gasteiger charge is -2.44. The summed E-state index contributed by atoms with van der Waals surface area (Å²) in [4.78, 5) is 14.0. The van der Waals surface area contributed by atoms with E-state index in [0.29, 0.717) is 5.02 Å². The number of nitrogens with zero attached hydrogens (tertiary/aromatic N) is 1. The number of para-hydroxylation sites is 1. The van der Waals surface area contributed by atoms with E-state index >= 15 is 0 Å². The zero-order chi connectivity index (χ0) is 17.2. The molecule has 0 bridgehead atoms. The molecule has 2 aromatic carbocycles. The fourth-order valence-corrected chi connectivity index (χ4v) is 3.27. The van der Waals surface area contributed by atoms with E-state index in [0.717, 1.165) is 16.8 Å². The standard InChI is InChI=1S/C20H18ClN2O/c1-15-9-3-6-12-19(15)23-14-8-7-13-20(23,22-16(2)24)17-10-4-5-11-18(17)21/h3-6,8-14H,1-2H3,(H,22,24). The van der Waals surface area contributed by atoms with Gasteiger partial charge in [0.05, 0.1) is 0 Å². The Kier molecular flexibility index (Phi) is 4.45. The van der Waals surface area contributed by atoms with Crippen molar-refractivity contribution in [3.05, 3.63) is 89.1 Å². The van der Waals surface area contributed by atoms with Crippen molar-refractivity contribution in [2.45, 2.75) is 19.5 Å². The third-order valence-electron chi connectivity index (χ3n) is 4.02. The van der Waals surface area contributed by atoms with Crippen LogP contribution in [0.25, 0.3) is 0 Å². The molecule has 0 saturated carbocycles. The SMILES string of the molecule is CC(=O)NC1(c2ccccc2Cl)C=[C]C=CN1c1ccccc1C. The summed E-state index contributed by atoms with van der Waals surface area (Å²) in [5.74, 6) is -0.151. The van der Waals surface area contributed by atoms with Crippen LogP contribution in [0.1, 0.15) is 18.1 Å². The van der Waals surface area contributed by atoms with E-state index in [-0.39, 0.29) is 5.91 Å². The van der Waals surface area contributed by atoms with Gasteiger partial charge in [-0.05, 0) is 42.8 Å².